The zero-order valence-corrected chi connectivity index (χ0v) is 12.1. The van der Waals surface area contributed by atoms with Crippen LogP contribution in [-0.2, 0) is 16.1 Å². The topological polar surface area (TPSA) is 79.8 Å². The van der Waals surface area contributed by atoms with Gasteiger partial charge >= 0.3 is 0 Å². The van der Waals surface area contributed by atoms with Crippen LogP contribution in [0.15, 0.2) is 18.2 Å². The van der Waals surface area contributed by atoms with E-state index in [2.05, 4.69) is 10.6 Å². The molecule has 0 bridgehead atoms. The van der Waals surface area contributed by atoms with Gasteiger partial charge in [0.05, 0.1) is 19.8 Å². The van der Waals surface area contributed by atoms with Crippen LogP contribution in [0.5, 0.6) is 11.5 Å². The summed E-state index contributed by atoms with van der Waals surface area (Å²) in [6.45, 7) is 3.13. The number of phenols is 1. The Bertz CT molecular complexity index is 437. The SMILES string of the molecule is COCCNC(=O)C(C)NCc1ccc(OC)cc1O. The van der Waals surface area contributed by atoms with Crippen LogP contribution in [0, 0.1) is 0 Å². The molecule has 20 heavy (non-hydrogen) atoms. The molecule has 0 heterocycles. The Morgan fingerprint density at radius 3 is 2.75 bits per heavy atom. The summed E-state index contributed by atoms with van der Waals surface area (Å²) >= 11 is 0. The summed E-state index contributed by atoms with van der Waals surface area (Å²) in [6, 6.07) is 4.71. The van der Waals surface area contributed by atoms with Crippen LogP contribution in [-0.4, -0.2) is 44.4 Å². The first kappa shape index (κ1) is 16.3. The average molecular weight is 282 g/mol. The molecular formula is C14H22N2O4. The van der Waals surface area contributed by atoms with Crippen LogP contribution >= 0.6 is 0 Å². The lowest BCUT2D eigenvalue weighted by molar-refractivity contribution is -0.123. The molecule has 3 N–H and O–H groups in total. The second-order valence-corrected chi connectivity index (χ2v) is 4.38. The van der Waals surface area contributed by atoms with E-state index in [-0.39, 0.29) is 17.7 Å². The highest BCUT2D eigenvalue weighted by Crippen LogP contribution is 2.23. The summed E-state index contributed by atoms with van der Waals surface area (Å²) in [7, 11) is 3.12. The number of hydrogen-bond donors (Lipinski definition) is 3. The Morgan fingerprint density at radius 1 is 1.40 bits per heavy atom. The Morgan fingerprint density at radius 2 is 2.15 bits per heavy atom. The highest BCUT2D eigenvalue weighted by atomic mass is 16.5. The summed E-state index contributed by atoms with van der Waals surface area (Å²) in [4.78, 5) is 11.7. The van der Waals surface area contributed by atoms with Gasteiger partial charge in [0.2, 0.25) is 5.91 Å². The maximum absolute atomic E-state index is 11.7. The summed E-state index contributed by atoms with van der Waals surface area (Å²) < 4.78 is 9.87. The summed E-state index contributed by atoms with van der Waals surface area (Å²) in [5.74, 6) is 0.635. The molecule has 112 valence electrons. The van der Waals surface area contributed by atoms with E-state index in [4.69, 9.17) is 9.47 Å². The Balaban J connectivity index is 2.44. The molecule has 0 aliphatic carbocycles. The fourth-order valence-electron chi connectivity index (χ4n) is 1.61. The Hall–Kier alpha value is -1.79. The number of ether oxygens (including phenoxy) is 2. The molecule has 6 nitrogen and oxygen atoms in total. The van der Waals surface area contributed by atoms with Gasteiger partial charge in [0.15, 0.2) is 0 Å². The van der Waals surface area contributed by atoms with E-state index >= 15 is 0 Å². The van der Waals surface area contributed by atoms with Gasteiger partial charge in [0, 0.05) is 31.8 Å². The summed E-state index contributed by atoms with van der Waals surface area (Å²) in [5, 5.41) is 15.6. The van der Waals surface area contributed by atoms with Gasteiger partial charge in [-0.05, 0) is 13.0 Å². The quantitative estimate of drug-likeness (QED) is 0.610. The molecule has 0 spiro atoms. The molecule has 0 fully saturated rings. The van der Waals surface area contributed by atoms with Crippen molar-refractivity contribution in [1.29, 1.82) is 0 Å². The van der Waals surface area contributed by atoms with Gasteiger partial charge in [0.25, 0.3) is 0 Å². The maximum Gasteiger partial charge on any atom is 0.236 e. The first-order valence-electron chi connectivity index (χ1n) is 6.44. The van der Waals surface area contributed by atoms with Crippen molar-refractivity contribution in [3.05, 3.63) is 23.8 Å². The largest absolute Gasteiger partial charge is 0.507 e. The molecule has 0 aromatic heterocycles. The van der Waals surface area contributed by atoms with Gasteiger partial charge in [0.1, 0.15) is 11.5 Å². The highest BCUT2D eigenvalue weighted by Gasteiger charge is 2.12. The molecule has 1 aromatic rings. The minimum absolute atomic E-state index is 0.102. The smallest absolute Gasteiger partial charge is 0.236 e. The summed E-state index contributed by atoms with van der Waals surface area (Å²) in [6.07, 6.45) is 0. The van der Waals surface area contributed by atoms with Crippen molar-refractivity contribution in [1.82, 2.24) is 10.6 Å². The third-order valence-corrected chi connectivity index (χ3v) is 2.89. The first-order valence-corrected chi connectivity index (χ1v) is 6.44. The number of methoxy groups -OCH3 is 2. The van der Waals surface area contributed by atoms with Crippen molar-refractivity contribution < 1.29 is 19.4 Å². The van der Waals surface area contributed by atoms with E-state index in [1.807, 2.05) is 0 Å². The van der Waals surface area contributed by atoms with E-state index in [1.165, 1.54) is 0 Å². The molecule has 1 aromatic carbocycles. The number of carbonyl (C=O) groups is 1. The van der Waals surface area contributed by atoms with Crippen molar-refractivity contribution in [2.24, 2.45) is 0 Å². The number of phenolic OH excluding ortho intramolecular Hbond substituents is 1. The van der Waals surface area contributed by atoms with E-state index in [9.17, 15) is 9.90 Å². The molecule has 1 atom stereocenters. The third-order valence-electron chi connectivity index (χ3n) is 2.89. The highest BCUT2D eigenvalue weighted by molar-refractivity contribution is 5.81. The molecular weight excluding hydrogens is 260 g/mol. The van der Waals surface area contributed by atoms with Crippen molar-refractivity contribution in [3.63, 3.8) is 0 Å². The van der Waals surface area contributed by atoms with Crippen LogP contribution in [0.4, 0.5) is 0 Å². The number of nitrogens with one attached hydrogen (secondary N) is 2. The van der Waals surface area contributed by atoms with Gasteiger partial charge < -0.3 is 25.2 Å². The third kappa shape index (κ3) is 5.07. The zero-order chi connectivity index (χ0) is 15.0. The van der Waals surface area contributed by atoms with Crippen LogP contribution in [0.25, 0.3) is 0 Å². The second-order valence-electron chi connectivity index (χ2n) is 4.38. The predicted octanol–water partition coefficient (Wildman–Crippen LogP) is 0.641. The lowest BCUT2D eigenvalue weighted by atomic mass is 10.1. The van der Waals surface area contributed by atoms with Crippen LogP contribution in [0.2, 0.25) is 0 Å². The van der Waals surface area contributed by atoms with E-state index in [0.717, 1.165) is 0 Å². The lowest BCUT2D eigenvalue weighted by Gasteiger charge is -2.14. The molecule has 0 aliphatic heterocycles. The minimum atomic E-state index is -0.353. The number of carbonyl (C=O) groups excluding carboxylic acids is 1. The Labute approximate surface area is 119 Å². The average Bonchev–Trinajstić information content (AvgIpc) is 2.45. The van der Waals surface area contributed by atoms with Gasteiger partial charge in [-0.3, -0.25) is 4.79 Å². The van der Waals surface area contributed by atoms with Crippen LogP contribution in [0.1, 0.15) is 12.5 Å². The standard InChI is InChI=1S/C14H22N2O4/c1-10(14(18)15-6-7-19-2)16-9-11-4-5-12(20-3)8-13(11)17/h4-5,8,10,16-17H,6-7,9H2,1-3H3,(H,15,18). The Kier molecular flexibility index (Phi) is 6.83. The fourth-order valence-corrected chi connectivity index (χ4v) is 1.61. The fraction of sp³-hybridized carbons (Fsp3) is 0.500. The van der Waals surface area contributed by atoms with Crippen LogP contribution < -0.4 is 15.4 Å². The van der Waals surface area contributed by atoms with Gasteiger partial charge in [-0.1, -0.05) is 6.07 Å². The number of amides is 1. The monoisotopic (exact) mass is 282 g/mol. The van der Waals surface area contributed by atoms with E-state index < -0.39 is 0 Å². The molecule has 1 rings (SSSR count). The minimum Gasteiger partial charge on any atom is -0.507 e. The molecule has 1 amide bonds. The number of aromatic hydroxyl groups is 1. The maximum atomic E-state index is 11.7. The van der Waals surface area contributed by atoms with Gasteiger partial charge in [-0.25, -0.2) is 0 Å². The number of benzene rings is 1. The van der Waals surface area contributed by atoms with Crippen LogP contribution in [0.3, 0.4) is 0 Å². The molecule has 0 saturated carbocycles. The van der Waals surface area contributed by atoms with E-state index in [1.54, 1.807) is 39.3 Å². The predicted molar refractivity (Wildman–Crippen MR) is 75.8 cm³/mol. The molecule has 0 aliphatic rings. The molecule has 1 unspecified atom stereocenters. The molecule has 6 heteroatoms. The first-order chi connectivity index (χ1) is 9.58. The summed E-state index contributed by atoms with van der Waals surface area (Å²) in [5.41, 5.74) is 0.711. The number of rotatable bonds is 8. The second kappa shape index (κ2) is 8.39. The van der Waals surface area contributed by atoms with E-state index in [0.29, 0.717) is 31.0 Å². The molecule has 0 radical (unpaired) electrons. The van der Waals surface area contributed by atoms with Crippen molar-refractivity contribution >= 4 is 5.91 Å². The normalized spacial score (nSPS) is 11.9. The van der Waals surface area contributed by atoms with Crippen molar-refractivity contribution in [2.75, 3.05) is 27.4 Å². The van der Waals surface area contributed by atoms with Gasteiger partial charge in [-0.15, -0.1) is 0 Å². The molecule has 0 saturated heterocycles. The van der Waals surface area contributed by atoms with Crippen molar-refractivity contribution in [2.45, 2.75) is 19.5 Å². The zero-order valence-electron chi connectivity index (χ0n) is 12.1. The number of hydrogen-bond acceptors (Lipinski definition) is 5. The van der Waals surface area contributed by atoms with Crippen molar-refractivity contribution in [3.8, 4) is 11.5 Å². The van der Waals surface area contributed by atoms with Gasteiger partial charge in [-0.2, -0.15) is 0 Å². The lowest BCUT2D eigenvalue weighted by Crippen LogP contribution is -2.42.